The first-order chi connectivity index (χ1) is 17.5. The maximum atomic E-state index is 13.9. The molecule has 0 fully saturated rings. The molecule has 0 saturated heterocycles. The minimum Gasteiger partial charge on any atom is -0.493 e. The van der Waals surface area contributed by atoms with Crippen LogP contribution in [-0.2, 0) is 6.42 Å². The number of hydrogen-bond acceptors (Lipinski definition) is 1. The smallest absolute Gasteiger partial charge is 0.159 e. The highest BCUT2D eigenvalue weighted by Gasteiger charge is 2.14. The minimum atomic E-state index is -0.825. The summed E-state index contributed by atoms with van der Waals surface area (Å²) >= 11 is 0. The fraction of sp³-hybridized carbons (Fsp3) is 0.294. The van der Waals surface area contributed by atoms with Crippen molar-refractivity contribution in [2.45, 2.75) is 61.3 Å². The van der Waals surface area contributed by atoms with Crippen LogP contribution in [0.3, 0.4) is 0 Å². The van der Waals surface area contributed by atoms with Crippen molar-refractivity contribution in [2.24, 2.45) is 0 Å². The second-order valence-corrected chi connectivity index (χ2v) is 10.4. The van der Waals surface area contributed by atoms with E-state index in [2.05, 4.69) is 71.0 Å². The molecule has 1 nitrogen and oxygen atoms in total. The van der Waals surface area contributed by atoms with Gasteiger partial charge in [0.15, 0.2) is 11.6 Å². The van der Waals surface area contributed by atoms with Gasteiger partial charge >= 0.3 is 0 Å². The molecule has 0 radical (unpaired) electrons. The molecule has 4 rings (SSSR count). The first kappa shape index (κ1) is 26.6. The highest BCUT2D eigenvalue weighted by molar-refractivity contribution is 5.79. The Kier molecular flexibility index (Phi) is 7.82. The van der Waals surface area contributed by atoms with Crippen molar-refractivity contribution < 1.29 is 13.5 Å². The molecule has 4 aromatic rings. The summed E-state index contributed by atoms with van der Waals surface area (Å²) in [5.41, 5.74) is 13.5. The number of hydrogen-bond donors (Lipinski definition) is 0. The van der Waals surface area contributed by atoms with E-state index in [1.807, 2.05) is 13.8 Å². The van der Waals surface area contributed by atoms with Crippen molar-refractivity contribution in [3.05, 3.63) is 111 Å². The second kappa shape index (κ2) is 10.9. The molecular weight excluding hydrogens is 462 g/mol. The third-order valence-corrected chi connectivity index (χ3v) is 7.08. The van der Waals surface area contributed by atoms with E-state index in [0.717, 1.165) is 40.8 Å². The van der Waals surface area contributed by atoms with Crippen LogP contribution >= 0.6 is 0 Å². The monoisotopic (exact) mass is 498 g/mol. The predicted octanol–water partition coefficient (Wildman–Crippen LogP) is 9.47. The number of rotatable bonds is 7. The van der Waals surface area contributed by atoms with E-state index in [0.29, 0.717) is 12.2 Å². The zero-order chi connectivity index (χ0) is 26.9. The molecule has 0 aliphatic heterocycles. The Morgan fingerprint density at radius 3 is 1.68 bits per heavy atom. The Hall–Kier alpha value is -3.46. The van der Waals surface area contributed by atoms with Crippen LogP contribution in [0.2, 0.25) is 0 Å². The molecule has 0 bridgehead atoms. The molecule has 0 aromatic heterocycles. The molecule has 0 unspecified atom stereocenters. The summed E-state index contributed by atoms with van der Waals surface area (Å²) < 4.78 is 33.5. The van der Waals surface area contributed by atoms with Gasteiger partial charge in [0.25, 0.3) is 0 Å². The van der Waals surface area contributed by atoms with Gasteiger partial charge in [-0.05, 0) is 135 Å². The van der Waals surface area contributed by atoms with Crippen molar-refractivity contribution in [3.63, 3.8) is 0 Å². The number of benzene rings is 4. The number of ether oxygens (including phenoxy) is 1. The van der Waals surface area contributed by atoms with E-state index < -0.39 is 11.6 Å². The summed E-state index contributed by atoms with van der Waals surface area (Å²) in [5.74, 6) is -0.642. The van der Waals surface area contributed by atoms with E-state index in [4.69, 9.17) is 4.74 Å². The van der Waals surface area contributed by atoms with Crippen LogP contribution in [-0.4, -0.2) is 6.61 Å². The molecule has 0 N–H and O–H groups in total. The Morgan fingerprint density at radius 2 is 1.11 bits per heavy atom. The Labute approximate surface area is 220 Å². The van der Waals surface area contributed by atoms with Gasteiger partial charge in [-0.1, -0.05) is 48.0 Å². The van der Waals surface area contributed by atoms with Gasteiger partial charge in [0, 0.05) is 0 Å². The van der Waals surface area contributed by atoms with Gasteiger partial charge in [-0.2, -0.15) is 0 Å². The van der Waals surface area contributed by atoms with Gasteiger partial charge in [-0.15, -0.1) is 0 Å². The van der Waals surface area contributed by atoms with Gasteiger partial charge in [0.05, 0.1) is 6.61 Å². The summed E-state index contributed by atoms with van der Waals surface area (Å²) in [6, 6.07) is 17.3. The maximum Gasteiger partial charge on any atom is 0.159 e. The normalized spacial score (nSPS) is 11.2. The summed E-state index contributed by atoms with van der Waals surface area (Å²) in [5, 5.41) is 0. The number of aryl methyl sites for hydroxylation is 8. The van der Waals surface area contributed by atoms with Crippen LogP contribution in [0.25, 0.3) is 22.3 Å². The lowest BCUT2D eigenvalue weighted by Crippen LogP contribution is -2.03. The molecule has 4 aromatic carbocycles. The summed E-state index contributed by atoms with van der Waals surface area (Å²) in [4.78, 5) is 0. The van der Waals surface area contributed by atoms with Crippen LogP contribution < -0.4 is 4.74 Å². The molecule has 0 aliphatic carbocycles. The molecule has 0 spiro atoms. The summed E-state index contributed by atoms with van der Waals surface area (Å²) in [6.45, 7) is 15.4. The number of halogens is 2. The van der Waals surface area contributed by atoms with Crippen LogP contribution in [0.5, 0.6) is 5.75 Å². The highest BCUT2D eigenvalue weighted by atomic mass is 19.2. The van der Waals surface area contributed by atoms with Gasteiger partial charge in [0.1, 0.15) is 5.75 Å². The van der Waals surface area contributed by atoms with Gasteiger partial charge in [-0.25, -0.2) is 8.78 Å². The maximum absolute atomic E-state index is 13.9. The molecule has 3 heteroatoms. The van der Waals surface area contributed by atoms with Crippen molar-refractivity contribution in [3.8, 4) is 28.0 Å². The molecule has 0 heterocycles. The quantitative estimate of drug-likeness (QED) is 0.231. The zero-order valence-corrected chi connectivity index (χ0v) is 23.0. The van der Waals surface area contributed by atoms with Crippen molar-refractivity contribution in [2.75, 3.05) is 6.61 Å². The fourth-order valence-electron chi connectivity index (χ4n) is 5.71. The molecule has 0 saturated carbocycles. The zero-order valence-electron chi connectivity index (χ0n) is 23.0. The van der Waals surface area contributed by atoms with E-state index in [1.54, 1.807) is 6.07 Å². The van der Waals surface area contributed by atoms with E-state index in [1.165, 1.54) is 51.1 Å². The molecule has 37 heavy (non-hydrogen) atoms. The lowest BCUT2D eigenvalue weighted by molar-refractivity contribution is 0.307. The van der Waals surface area contributed by atoms with Gasteiger partial charge < -0.3 is 4.74 Å². The van der Waals surface area contributed by atoms with Crippen LogP contribution in [0, 0.1) is 60.1 Å². The Morgan fingerprint density at radius 1 is 0.568 bits per heavy atom. The first-order valence-corrected chi connectivity index (χ1v) is 12.9. The van der Waals surface area contributed by atoms with Gasteiger partial charge in [-0.3, -0.25) is 0 Å². The average Bonchev–Trinajstić information content (AvgIpc) is 2.79. The van der Waals surface area contributed by atoms with Gasteiger partial charge in [0.2, 0.25) is 0 Å². The topological polar surface area (TPSA) is 9.23 Å². The van der Waals surface area contributed by atoms with Crippen molar-refractivity contribution in [1.82, 2.24) is 0 Å². The third-order valence-electron chi connectivity index (χ3n) is 7.08. The molecular formula is C34H36F2O. The first-order valence-electron chi connectivity index (χ1n) is 12.9. The standard InChI is InChI=1S/C34H36F2O/c1-20-13-25(6)34(26(7)14-20)37-12-8-9-27-15-21(2)33(22(3)16-27)29-17-23(4)32(24(5)18-29)28-10-11-30(35)31(36)19-28/h10-11,13-19H,8-9,12H2,1-7H3. The van der Waals surface area contributed by atoms with Crippen molar-refractivity contribution in [1.29, 1.82) is 0 Å². The summed E-state index contributed by atoms with van der Waals surface area (Å²) in [7, 11) is 0. The van der Waals surface area contributed by atoms with Crippen molar-refractivity contribution >= 4 is 0 Å². The molecule has 0 atom stereocenters. The second-order valence-electron chi connectivity index (χ2n) is 10.4. The average molecular weight is 499 g/mol. The fourth-order valence-corrected chi connectivity index (χ4v) is 5.71. The third kappa shape index (κ3) is 5.77. The van der Waals surface area contributed by atoms with E-state index >= 15 is 0 Å². The summed E-state index contributed by atoms with van der Waals surface area (Å²) in [6.07, 6.45) is 1.91. The predicted molar refractivity (Wildman–Crippen MR) is 151 cm³/mol. The Balaban J connectivity index is 1.51. The van der Waals surface area contributed by atoms with E-state index in [9.17, 15) is 8.78 Å². The van der Waals surface area contributed by atoms with Crippen LogP contribution in [0.1, 0.15) is 50.9 Å². The lowest BCUT2D eigenvalue weighted by Gasteiger charge is -2.18. The molecule has 192 valence electrons. The molecule has 0 amide bonds. The van der Waals surface area contributed by atoms with Crippen LogP contribution in [0.4, 0.5) is 8.78 Å². The largest absolute Gasteiger partial charge is 0.493 e. The SMILES string of the molecule is Cc1cc(C)c(OCCCc2cc(C)c(-c3cc(C)c(-c4ccc(F)c(F)c4)c(C)c3)c(C)c2)c(C)c1. The van der Waals surface area contributed by atoms with Crippen LogP contribution in [0.15, 0.2) is 54.6 Å². The minimum absolute atomic E-state index is 0.689. The lowest BCUT2D eigenvalue weighted by atomic mass is 9.87. The molecule has 0 aliphatic rings. The highest BCUT2D eigenvalue weighted by Crippen LogP contribution is 2.36. The van der Waals surface area contributed by atoms with E-state index in [-0.39, 0.29) is 0 Å². The Bertz CT molecular complexity index is 1400.